The Morgan fingerprint density at radius 1 is 1.12 bits per heavy atom. The molecule has 0 saturated heterocycles. The van der Waals surface area contributed by atoms with Crippen molar-refractivity contribution in [2.75, 3.05) is 13.2 Å². The van der Waals surface area contributed by atoms with Gasteiger partial charge in [-0.25, -0.2) is 4.98 Å². The van der Waals surface area contributed by atoms with E-state index < -0.39 is 0 Å². The fourth-order valence-corrected chi connectivity index (χ4v) is 2.89. The zero-order chi connectivity index (χ0) is 16.8. The van der Waals surface area contributed by atoms with Gasteiger partial charge in [0.2, 0.25) is 0 Å². The molecule has 5 rings (SSSR count). The van der Waals surface area contributed by atoms with Crippen LogP contribution in [0.15, 0.2) is 41.5 Å². The van der Waals surface area contributed by atoms with Gasteiger partial charge in [0.05, 0.1) is 24.1 Å². The average Bonchev–Trinajstić information content (AvgIpc) is 2.94. The molecule has 0 aliphatic carbocycles. The summed E-state index contributed by atoms with van der Waals surface area (Å²) in [6.07, 6.45) is 3.94. The lowest BCUT2D eigenvalue weighted by atomic mass is 10.2. The van der Waals surface area contributed by atoms with Gasteiger partial charge in [0, 0.05) is 24.4 Å². The first kappa shape index (κ1) is 14.0. The number of benzene rings is 1. The minimum Gasteiger partial charge on any atom is -0.490 e. The van der Waals surface area contributed by atoms with Gasteiger partial charge in [-0.05, 0) is 24.3 Å². The number of nitrogens with zero attached hydrogens (tertiary/aromatic N) is 4. The van der Waals surface area contributed by atoms with E-state index in [0.717, 1.165) is 17.7 Å². The normalized spacial score (nSPS) is 13.9. The Morgan fingerprint density at radius 3 is 2.92 bits per heavy atom. The van der Waals surface area contributed by atoms with E-state index in [1.165, 1.54) is 6.20 Å². The van der Waals surface area contributed by atoms with Crippen molar-refractivity contribution in [1.82, 2.24) is 24.6 Å². The van der Waals surface area contributed by atoms with E-state index >= 15 is 0 Å². The lowest BCUT2D eigenvalue weighted by Crippen LogP contribution is -2.07. The second-order valence-electron chi connectivity index (χ2n) is 5.72. The Bertz CT molecular complexity index is 1160. The standard InChI is InChI=1S/C17H13N5O3/c23-16-11-9-19-17-20-15(21-22(17)12(11)4-5-18-16)10-2-3-13-14(8-10)25-7-1-6-24-13/h2-5,8-9H,1,6-7H2,(H,18,23). The third kappa shape index (κ3) is 2.22. The number of aromatic amines is 1. The molecule has 8 nitrogen and oxygen atoms in total. The van der Waals surface area contributed by atoms with Gasteiger partial charge in [-0.3, -0.25) is 4.79 Å². The third-order valence-corrected chi connectivity index (χ3v) is 4.11. The first-order valence-corrected chi connectivity index (χ1v) is 7.93. The van der Waals surface area contributed by atoms with Gasteiger partial charge in [-0.15, -0.1) is 5.10 Å². The molecule has 4 heterocycles. The van der Waals surface area contributed by atoms with Crippen molar-refractivity contribution >= 4 is 16.7 Å². The maximum absolute atomic E-state index is 11.9. The fraction of sp³-hybridized carbons (Fsp3) is 0.176. The predicted octanol–water partition coefficient (Wildman–Crippen LogP) is 1.79. The largest absolute Gasteiger partial charge is 0.490 e. The first-order chi connectivity index (χ1) is 12.3. The van der Waals surface area contributed by atoms with E-state index in [1.807, 2.05) is 18.2 Å². The summed E-state index contributed by atoms with van der Waals surface area (Å²) < 4.78 is 12.9. The summed E-state index contributed by atoms with van der Waals surface area (Å²) >= 11 is 0. The molecule has 0 bridgehead atoms. The number of aromatic nitrogens is 5. The molecule has 1 aromatic carbocycles. The minimum absolute atomic E-state index is 0.209. The number of rotatable bonds is 1. The zero-order valence-electron chi connectivity index (χ0n) is 13.1. The number of ether oxygens (including phenoxy) is 2. The minimum atomic E-state index is -0.209. The molecule has 0 amide bonds. The SMILES string of the molecule is O=c1[nH]ccc2c1cnc1nc(-c3ccc4c(c3)OCCCO4)nn12. The van der Waals surface area contributed by atoms with Crippen molar-refractivity contribution in [2.24, 2.45) is 0 Å². The second kappa shape index (κ2) is 5.30. The van der Waals surface area contributed by atoms with Gasteiger partial charge < -0.3 is 14.5 Å². The molecule has 0 unspecified atom stereocenters. The smallest absolute Gasteiger partial charge is 0.258 e. The topological polar surface area (TPSA) is 94.4 Å². The molecule has 0 fully saturated rings. The lowest BCUT2D eigenvalue weighted by Gasteiger charge is -2.07. The highest BCUT2D eigenvalue weighted by Crippen LogP contribution is 2.33. The maximum atomic E-state index is 11.9. The number of H-pyrrole nitrogens is 1. The number of fused-ring (bicyclic) bond motifs is 4. The Kier molecular flexibility index (Phi) is 2.96. The maximum Gasteiger partial charge on any atom is 0.258 e. The summed E-state index contributed by atoms with van der Waals surface area (Å²) in [6, 6.07) is 7.39. The molecule has 0 saturated carbocycles. The van der Waals surface area contributed by atoms with E-state index in [4.69, 9.17) is 9.47 Å². The summed E-state index contributed by atoms with van der Waals surface area (Å²) in [7, 11) is 0. The van der Waals surface area contributed by atoms with E-state index in [-0.39, 0.29) is 5.56 Å². The van der Waals surface area contributed by atoms with Crippen LogP contribution in [0.2, 0.25) is 0 Å². The molecular formula is C17H13N5O3. The van der Waals surface area contributed by atoms with Gasteiger partial charge >= 0.3 is 0 Å². The fourth-order valence-electron chi connectivity index (χ4n) is 2.89. The van der Waals surface area contributed by atoms with Crippen LogP contribution in [0.25, 0.3) is 28.1 Å². The van der Waals surface area contributed by atoms with E-state index in [0.29, 0.717) is 41.5 Å². The molecule has 1 aliphatic rings. The van der Waals surface area contributed by atoms with Crippen molar-refractivity contribution in [3.63, 3.8) is 0 Å². The summed E-state index contributed by atoms with van der Waals surface area (Å²) in [6.45, 7) is 1.26. The monoisotopic (exact) mass is 335 g/mol. The van der Waals surface area contributed by atoms with Crippen LogP contribution in [-0.2, 0) is 0 Å². The van der Waals surface area contributed by atoms with Crippen LogP contribution in [0.4, 0.5) is 0 Å². The van der Waals surface area contributed by atoms with Gasteiger partial charge in [-0.2, -0.15) is 9.50 Å². The van der Waals surface area contributed by atoms with Crippen molar-refractivity contribution in [2.45, 2.75) is 6.42 Å². The van der Waals surface area contributed by atoms with Crippen LogP contribution in [0.3, 0.4) is 0 Å². The summed E-state index contributed by atoms with van der Waals surface area (Å²) in [5.41, 5.74) is 1.24. The van der Waals surface area contributed by atoms with Crippen LogP contribution in [0.1, 0.15) is 6.42 Å². The molecule has 0 spiro atoms. The van der Waals surface area contributed by atoms with Gasteiger partial charge in [0.25, 0.3) is 11.3 Å². The highest BCUT2D eigenvalue weighted by Gasteiger charge is 2.15. The van der Waals surface area contributed by atoms with Crippen molar-refractivity contribution in [3.05, 3.63) is 47.0 Å². The summed E-state index contributed by atoms with van der Waals surface area (Å²) in [5.74, 6) is 2.35. The summed E-state index contributed by atoms with van der Waals surface area (Å²) in [5, 5.41) is 4.98. The van der Waals surface area contributed by atoms with E-state index in [9.17, 15) is 4.79 Å². The number of hydrogen-bond acceptors (Lipinski definition) is 6. The first-order valence-electron chi connectivity index (χ1n) is 7.93. The van der Waals surface area contributed by atoms with Crippen molar-refractivity contribution in [3.8, 4) is 22.9 Å². The van der Waals surface area contributed by atoms with E-state index in [2.05, 4.69) is 20.1 Å². The Balaban J connectivity index is 1.69. The Labute approximate surface area is 141 Å². The van der Waals surface area contributed by atoms with Crippen LogP contribution in [0.5, 0.6) is 11.5 Å². The quantitative estimate of drug-likeness (QED) is 0.570. The molecule has 1 aliphatic heterocycles. The molecule has 0 radical (unpaired) electrons. The molecule has 0 atom stereocenters. The Hall–Kier alpha value is -3.42. The zero-order valence-corrected chi connectivity index (χ0v) is 13.1. The van der Waals surface area contributed by atoms with Crippen molar-refractivity contribution < 1.29 is 9.47 Å². The molecule has 25 heavy (non-hydrogen) atoms. The highest BCUT2D eigenvalue weighted by molar-refractivity contribution is 5.78. The molecule has 4 aromatic rings. The highest BCUT2D eigenvalue weighted by atomic mass is 16.5. The number of nitrogens with one attached hydrogen (secondary N) is 1. The van der Waals surface area contributed by atoms with Gasteiger partial charge in [-0.1, -0.05) is 0 Å². The Morgan fingerprint density at radius 2 is 2.00 bits per heavy atom. The second-order valence-corrected chi connectivity index (χ2v) is 5.72. The van der Waals surface area contributed by atoms with E-state index in [1.54, 1.807) is 16.8 Å². The molecular weight excluding hydrogens is 322 g/mol. The van der Waals surface area contributed by atoms with Crippen molar-refractivity contribution in [1.29, 1.82) is 0 Å². The van der Waals surface area contributed by atoms with Crippen LogP contribution >= 0.6 is 0 Å². The van der Waals surface area contributed by atoms with Crippen LogP contribution in [0, 0.1) is 0 Å². The molecule has 124 valence electrons. The molecule has 1 N–H and O–H groups in total. The van der Waals surface area contributed by atoms with Gasteiger partial charge in [0.1, 0.15) is 0 Å². The van der Waals surface area contributed by atoms with Crippen LogP contribution < -0.4 is 15.0 Å². The number of hydrogen-bond donors (Lipinski definition) is 1. The molecule has 3 aromatic heterocycles. The average molecular weight is 335 g/mol. The lowest BCUT2D eigenvalue weighted by molar-refractivity contribution is 0.297. The number of pyridine rings is 1. The van der Waals surface area contributed by atoms with Gasteiger partial charge in [0.15, 0.2) is 17.3 Å². The third-order valence-electron chi connectivity index (χ3n) is 4.11. The van der Waals surface area contributed by atoms with Crippen LogP contribution in [-0.4, -0.2) is 37.8 Å². The predicted molar refractivity (Wildman–Crippen MR) is 90.0 cm³/mol. The molecule has 8 heteroatoms. The summed E-state index contributed by atoms with van der Waals surface area (Å²) in [4.78, 5) is 23.2.